The molecule has 186 valence electrons. The van der Waals surface area contributed by atoms with Gasteiger partial charge in [0.25, 0.3) is 10.0 Å². The van der Waals surface area contributed by atoms with Crippen molar-refractivity contribution < 1.29 is 17.9 Å². The highest BCUT2D eigenvalue weighted by molar-refractivity contribution is 9.10. The molecule has 0 saturated heterocycles. The van der Waals surface area contributed by atoms with Gasteiger partial charge in [-0.05, 0) is 71.1 Å². The van der Waals surface area contributed by atoms with E-state index in [1.54, 1.807) is 18.2 Å². The van der Waals surface area contributed by atoms with Crippen molar-refractivity contribution in [2.75, 3.05) is 24.5 Å². The first-order chi connectivity index (χ1) is 16.7. The SMILES string of the molecule is CCC(CNC(=O)CN(c1ccc(C)cc1)S(=O)(=O)c1ccc(OC)c(Br)c1)Cc1ccccc1. The molecule has 1 N–H and O–H groups in total. The molecule has 0 aliphatic heterocycles. The molecule has 0 spiro atoms. The molecule has 1 amide bonds. The van der Waals surface area contributed by atoms with Gasteiger partial charge in [-0.2, -0.15) is 0 Å². The molecule has 0 aliphatic carbocycles. The summed E-state index contributed by atoms with van der Waals surface area (Å²) in [6, 6.07) is 21.8. The third-order valence-corrected chi connectivity index (χ3v) is 8.24. The van der Waals surface area contributed by atoms with Crippen LogP contribution in [0.2, 0.25) is 0 Å². The highest BCUT2D eigenvalue weighted by atomic mass is 79.9. The van der Waals surface area contributed by atoms with Crippen molar-refractivity contribution in [2.24, 2.45) is 5.92 Å². The molecule has 8 heteroatoms. The summed E-state index contributed by atoms with van der Waals surface area (Å²) in [5.41, 5.74) is 2.63. The lowest BCUT2D eigenvalue weighted by Gasteiger charge is -2.25. The minimum Gasteiger partial charge on any atom is -0.496 e. The Hall–Kier alpha value is -2.84. The van der Waals surface area contributed by atoms with Gasteiger partial charge in [-0.25, -0.2) is 8.42 Å². The number of benzene rings is 3. The average Bonchev–Trinajstić information content (AvgIpc) is 2.86. The summed E-state index contributed by atoms with van der Waals surface area (Å²) in [5.74, 6) is 0.421. The Kier molecular flexibility index (Phi) is 9.34. The first-order valence-electron chi connectivity index (χ1n) is 11.5. The van der Waals surface area contributed by atoms with Crippen molar-refractivity contribution in [1.29, 1.82) is 0 Å². The van der Waals surface area contributed by atoms with Gasteiger partial charge in [0.2, 0.25) is 5.91 Å². The molecule has 3 aromatic carbocycles. The van der Waals surface area contributed by atoms with Gasteiger partial charge in [-0.1, -0.05) is 61.4 Å². The van der Waals surface area contributed by atoms with Gasteiger partial charge in [0, 0.05) is 6.54 Å². The van der Waals surface area contributed by atoms with Crippen LogP contribution in [0.4, 0.5) is 5.69 Å². The van der Waals surface area contributed by atoms with Gasteiger partial charge in [0.1, 0.15) is 12.3 Å². The molecule has 0 heterocycles. The van der Waals surface area contributed by atoms with Crippen molar-refractivity contribution in [2.45, 2.75) is 31.6 Å². The molecule has 1 unspecified atom stereocenters. The maximum atomic E-state index is 13.6. The van der Waals surface area contributed by atoms with Gasteiger partial charge in [0.05, 0.1) is 22.2 Å². The molecule has 0 aliphatic rings. The van der Waals surface area contributed by atoms with Crippen molar-refractivity contribution in [1.82, 2.24) is 5.32 Å². The van der Waals surface area contributed by atoms with E-state index in [2.05, 4.69) is 40.3 Å². The minimum absolute atomic E-state index is 0.0639. The Morgan fingerprint density at radius 1 is 1.06 bits per heavy atom. The first kappa shape index (κ1) is 26.8. The number of amides is 1. The van der Waals surface area contributed by atoms with Gasteiger partial charge >= 0.3 is 0 Å². The number of hydrogen-bond acceptors (Lipinski definition) is 4. The number of anilines is 1. The van der Waals surface area contributed by atoms with Gasteiger partial charge in [0.15, 0.2) is 0 Å². The number of carbonyl (C=O) groups is 1. The van der Waals surface area contributed by atoms with Crippen LogP contribution in [0.3, 0.4) is 0 Å². The molecule has 1 atom stereocenters. The lowest BCUT2D eigenvalue weighted by Crippen LogP contribution is -2.42. The summed E-state index contributed by atoms with van der Waals surface area (Å²) in [5, 5.41) is 2.94. The van der Waals surface area contributed by atoms with Crippen LogP contribution >= 0.6 is 15.9 Å². The minimum atomic E-state index is -4.02. The van der Waals surface area contributed by atoms with E-state index in [1.807, 2.05) is 37.3 Å². The van der Waals surface area contributed by atoms with Crippen LogP contribution in [-0.4, -0.2) is 34.5 Å². The second-order valence-electron chi connectivity index (χ2n) is 8.41. The molecule has 6 nitrogen and oxygen atoms in total. The zero-order chi connectivity index (χ0) is 25.4. The Labute approximate surface area is 216 Å². The molecule has 0 saturated carbocycles. The standard InChI is InChI=1S/C27H31BrN2O4S/c1-4-21(16-22-8-6-5-7-9-22)18-29-27(31)19-30(23-12-10-20(2)11-13-23)35(32,33)24-14-15-26(34-3)25(28)17-24/h5-15,17,21H,4,16,18-19H2,1-3H3,(H,29,31). The second-order valence-corrected chi connectivity index (χ2v) is 11.1. The summed E-state index contributed by atoms with van der Waals surface area (Å²) in [6.45, 7) is 4.16. The van der Waals surface area contributed by atoms with Crippen LogP contribution in [0.25, 0.3) is 0 Å². The predicted octanol–water partition coefficient (Wildman–Crippen LogP) is 5.35. The van der Waals surface area contributed by atoms with Crippen LogP contribution in [-0.2, 0) is 21.2 Å². The molecular weight excluding hydrogens is 528 g/mol. The van der Waals surface area contributed by atoms with E-state index in [0.717, 1.165) is 22.7 Å². The fraction of sp³-hybridized carbons (Fsp3) is 0.296. The maximum Gasteiger partial charge on any atom is 0.264 e. The molecule has 35 heavy (non-hydrogen) atoms. The Bertz CT molecular complexity index is 1230. The number of ether oxygens (including phenoxy) is 1. The number of hydrogen-bond donors (Lipinski definition) is 1. The Balaban J connectivity index is 1.80. The number of methoxy groups -OCH3 is 1. The monoisotopic (exact) mass is 558 g/mol. The topological polar surface area (TPSA) is 75.7 Å². The van der Waals surface area contributed by atoms with E-state index in [-0.39, 0.29) is 23.3 Å². The van der Waals surface area contributed by atoms with Crippen molar-refractivity contribution in [3.05, 3.63) is 88.4 Å². The number of aryl methyl sites for hydroxylation is 1. The van der Waals surface area contributed by atoms with Gasteiger partial charge in [-0.3, -0.25) is 9.10 Å². The molecule has 0 bridgehead atoms. The number of rotatable bonds is 11. The zero-order valence-corrected chi connectivity index (χ0v) is 22.6. The first-order valence-corrected chi connectivity index (χ1v) is 13.7. The van der Waals surface area contributed by atoms with E-state index in [9.17, 15) is 13.2 Å². The van der Waals surface area contributed by atoms with E-state index < -0.39 is 10.0 Å². The highest BCUT2D eigenvalue weighted by Crippen LogP contribution is 2.30. The fourth-order valence-electron chi connectivity index (χ4n) is 3.71. The lowest BCUT2D eigenvalue weighted by molar-refractivity contribution is -0.119. The summed E-state index contributed by atoms with van der Waals surface area (Å²) < 4.78 is 34.1. The van der Waals surface area contributed by atoms with Crippen LogP contribution in [0.1, 0.15) is 24.5 Å². The fourth-order valence-corrected chi connectivity index (χ4v) is 5.85. The molecule has 3 aromatic rings. The normalized spacial score (nSPS) is 12.1. The smallest absolute Gasteiger partial charge is 0.264 e. The largest absolute Gasteiger partial charge is 0.496 e. The van der Waals surface area contributed by atoms with Crippen molar-refractivity contribution in [3.8, 4) is 5.75 Å². The number of nitrogens with one attached hydrogen (secondary N) is 1. The molecule has 0 radical (unpaired) electrons. The molecule has 0 aromatic heterocycles. The quantitative estimate of drug-likeness (QED) is 0.344. The van der Waals surface area contributed by atoms with E-state index in [4.69, 9.17) is 4.74 Å². The molecular formula is C27H31BrN2O4S. The maximum absolute atomic E-state index is 13.6. The number of halogens is 1. The number of carbonyl (C=O) groups excluding carboxylic acids is 1. The average molecular weight is 560 g/mol. The predicted molar refractivity (Wildman–Crippen MR) is 143 cm³/mol. The van der Waals surface area contributed by atoms with Crippen LogP contribution in [0.5, 0.6) is 5.75 Å². The van der Waals surface area contributed by atoms with Gasteiger partial charge < -0.3 is 10.1 Å². The third kappa shape index (κ3) is 7.08. The molecule has 0 fully saturated rings. The third-order valence-electron chi connectivity index (χ3n) is 5.85. The van der Waals surface area contributed by atoms with E-state index in [0.29, 0.717) is 22.5 Å². The summed E-state index contributed by atoms with van der Waals surface area (Å²) in [7, 11) is -2.50. The number of nitrogens with zero attached hydrogens (tertiary/aromatic N) is 1. The summed E-state index contributed by atoms with van der Waals surface area (Å²) in [4.78, 5) is 13.0. The van der Waals surface area contributed by atoms with Crippen LogP contribution < -0.4 is 14.4 Å². The highest BCUT2D eigenvalue weighted by Gasteiger charge is 2.28. The van der Waals surface area contributed by atoms with Crippen molar-refractivity contribution in [3.63, 3.8) is 0 Å². The number of sulfonamides is 1. The summed E-state index contributed by atoms with van der Waals surface area (Å²) >= 11 is 3.35. The van der Waals surface area contributed by atoms with Crippen molar-refractivity contribution >= 4 is 37.5 Å². The zero-order valence-electron chi connectivity index (χ0n) is 20.2. The van der Waals surface area contributed by atoms with E-state index >= 15 is 0 Å². The Morgan fingerprint density at radius 2 is 1.74 bits per heavy atom. The summed E-state index contributed by atoms with van der Waals surface area (Å²) in [6.07, 6.45) is 1.74. The van der Waals surface area contributed by atoms with Crippen LogP contribution in [0, 0.1) is 12.8 Å². The van der Waals surface area contributed by atoms with Crippen LogP contribution in [0.15, 0.2) is 82.2 Å². The molecule has 3 rings (SSSR count). The second kappa shape index (κ2) is 12.2. The Morgan fingerprint density at radius 3 is 2.34 bits per heavy atom. The lowest BCUT2D eigenvalue weighted by atomic mass is 9.97. The van der Waals surface area contributed by atoms with E-state index in [1.165, 1.54) is 24.8 Å². The van der Waals surface area contributed by atoms with Gasteiger partial charge in [-0.15, -0.1) is 0 Å².